The number of nitro benzene ring substituents is 1. The molecule has 1 aromatic rings. The maximum atomic E-state index is 12.9. The van der Waals surface area contributed by atoms with Crippen LogP contribution in [0.5, 0.6) is 0 Å². The first-order valence-electron chi connectivity index (χ1n) is 10.6. The molecule has 2 atom stereocenters. The van der Waals surface area contributed by atoms with Gasteiger partial charge in [0, 0.05) is 30.9 Å². The summed E-state index contributed by atoms with van der Waals surface area (Å²) in [6.07, 6.45) is 1.88. The van der Waals surface area contributed by atoms with E-state index in [9.17, 15) is 24.5 Å². The van der Waals surface area contributed by atoms with E-state index in [-0.39, 0.29) is 30.5 Å². The number of anilines is 1. The van der Waals surface area contributed by atoms with Gasteiger partial charge in [-0.25, -0.2) is 0 Å². The van der Waals surface area contributed by atoms with Crippen LogP contribution in [0.25, 0.3) is 0 Å². The van der Waals surface area contributed by atoms with Crippen LogP contribution in [0.15, 0.2) is 24.3 Å². The van der Waals surface area contributed by atoms with Gasteiger partial charge in [0.2, 0.25) is 17.7 Å². The number of non-ortho nitro benzene ring substituents is 1. The van der Waals surface area contributed by atoms with Crippen LogP contribution in [0.2, 0.25) is 0 Å². The minimum atomic E-state index is -0.914. The zero-order chi connectivity index (χ0) is 24.4. The highest BCUT2D eigenvalue weighted by Gasteiger charge is 2.35. The number of nitrogens with one attached hydrogen (secondary N) is 5. The number of likely N-dealkylation sites (tertiary alicyclic amines) is 1. The summed E-state index contributed by atoms with van der Waals surface area (Å²) in [5, 5.41) is 28.8. The van der Waals surface area contributed by atoms with E-state index in [4.69, 9.17) is 11.1 Å². The zero-order valence-electron chi connectivity index (χ0n) is 18.4. The Hall–Kier alpha value is -3.74. The van der Waals surface area contributed by atoms with Crippen LogP contribution in [0.1, 0.15) is 25.7 Å². The Bertz CT molecular complexity index is 876. The number of nitrogens with zero attached hydrogens (tertiary/aromatic N) is 2. The highest BCUT2D eigenvalue weighted by molar-refractivity contribution is 5.98. The molecule has 0 bridgehead atoms. The maximum absolute atomic E-state index is 12.9. The molecule has 0 aromatic heterocycles. The number of hydrogen-bond donors (Lipinski definition) is 6. The quantitative estimate of drug-likeness (QED) is 0.0831. The van der Waals surface area contributed by atoms with Gasteiger partial charge in [-0.15, -0.1) is 0 Å². The number of guanidine groups is 1. The third-order valence-corrected chi connectivity index (χ3v) is 5.17. The molecular weight excluding hydrogens is 432 g/mol. The topological polar surface area (TPSA) is 196 Å². The maximum Gasteiger partial charge on any atom is 0.269 e. The molecule has 1 heterocycles. The molecule has 13 nitrogen and oxygen atoms in total. The van der Waals surface area contributed by atoms with Gasteiger partial charge in [0.15, 0.2) is 5.96 Å². The van der Waals surface area contributed by atoms with Crippen LogP contribution in [-0.4, -0.2) is 72.3 Å². The van der Waals surface area contributed by atoms with Crippen molar-refractivity contribution in [3.05, 3.63) is 34.4 Å². The number of carbonyl (C=O) groups excluding carboxylic acids is 3. The largest absolute Gasteiger partial charge is 0.370 e. The first-order chi connectivity index (χ1) is 15.7. The van der Waals surface area contributed by atoms with Crippen LogP contribution in [0.3, 0.4) is 0 Å². The molecule has 0 radical (unpaired) electrons. The number of hydrogen-bond acceptors (Lipinski definition) is 7. The van der Waals surface area contributed by atoms with E-state index in [2.05, 4.69) is 21.3 Å². The van der Waals surface area contributed by atoms with E-state index >= 15 is 0 Å². The fourth-order valence-electron chi connectivity index (χ4n) is 3.55. The predicted molar refractivity (Wildman–Crippen MR) is 121 cm³/mol. The normalized spacial score (nSPS) is 16.0. The summed E-state index contributed by atoms with van der Waals surface area (Å²) >= 11 is 0. The number of amides is 3. The number of benzene rings is 1. The molecule has 3 amide bonds. The van der Waals surface area contributed by atoms with Crippen molar-refractivity contribution >= 4 is 35.1 Å². The zero-order valence-corrected chi connectivity index (χ0v) is 18.4. The molecule has 180 valence electrons. The molecule has 13 heteroatoms. The van der Waals surface area contributed by atoms with Crippen molar-refractivity contribution in [3.8, 4) is 0 Å². The predicted octanol–water partition coefficient (Wildman–Crippen LogP) is -0.508. The third kappa shape index (κ3) is 7.71. The lowest BCUT2D eigenvalue weighted by Gasteiger charge is -2.26. The molecule has 33 heavy (non-hydrogen) atoms. The van der Waals surface area contributed by atoms with Gasteiger partial charge in [0.25, 0.3) is 5.69 Å². The van der Waals surface area contributed by atoms with Crippen molar-refractivity contribution in [2.24, 2.45) is 5.73 Å². The molecule has 0 aliphatic carbocycles. The lowest BCUT2D eigenvalue weighted by molar-refractivity contribution is -0.384. The van der Waals surface area contributed by atoms with Crippen molar-refractivity contribution in [2.45, 2.75) is 37.8 Å². The van der Waals surface area contributed by atoms with E-state index in [0.29, 0.717) is 38.0 Å². The standard InChI is InChI=1S/C20H30N8O5/c1-23-12-17(29)27-11-3-5-16(27)19(31)26-15(4-2-10-24-20(21)22)18(30)25-13-6-8-14(9-7-13)28(32)33/h6-9,15-16,23H,2-5,10-12H2,1H3,(H,25,30)(H,26,31)(H4,21,22,24)/t15-,16-/m0/s1. The van der Waals surface area contributed by atoms with Gasteiger partial charge in [-0.2, -0.15) is 0 Å². The fourth-order valence-corrected chi connectivity index (χ4v) is 3.55. The third-order valence-electron chi connectivity index (χ3n) is 5.17. The summed E-state index contributed by atoms with van der Waals surface area (Å²) in [7, 11) is 1.65. The smallest absolute Gasteiger partial charge is 0.269 e. The monoisotopic (exact) mass is 462 g/mol. The highest BCUT2D eigenvalue weighted by Crippen LogP contribution is 2.19. The molecule has 0 unspecified atom stereocenters. The van der Waals surface area contributed by atoms with Crippen LogP contribution in [-0.2, 0) is 14.4 Å². The molecule has 1 saturated heterocycles. The number of nitrogens with two attached hydrogens (primary N) is 1. The second kappa shape index (κ2) is 12.3. The molecule has 1 aliphatic rings. The lowest BCUT2D eigenvalue weighted by Crippen LogP contribution is -2.53. The first-order valence-corrected chi connectivity index (χ1v) is 10.6. The summed E-state index contributed by atoms with van der Waals surface area (Å²) in [6.45, 7) is 0.925. The summed E-state index contributed by atoms with van der Waals surface area (Å²) in [5.74, 6) is -1.30. The highest BCUT2D eigenvalue weighted by atomic mass is 16.6. The summed E-state index contributed by atoms with van der Waals surface area (Å²) in [5.41, 5.74) is 5.50. The molecule has 1 fully saturated rings. The van der Waals surface area contributed by atoms with Crippen LogP contribution in [0.4, 0.5) is 11.4 Å². The number of rotatable bonds is 11. The lowest BCUT2D eigenvalue weighted by atomic mass is 10.1. The molecular formula is C20H30N8O5. The Morgan fingerprint density at radius 2 is 2.00 bits per heavy atom. The Kier molecular flexibility index (Phi) is 9.54. The average molecular weight is 463 g/mol. The van der Waals surface area contributed by atoms with Gasteiger partial charge in [-0.1, -0.05) is 0 Å². The minimum Gasteiger partial charge on any atom is -0.370 e. The van der Waals surface area contributed by atoms with Gasteiger partial charge in [0.05, 0.1) is 11.5 Å². The molecule has 7 N–H and O–H groups in total. The van der Waals surface area contributed by atoms with Gasteiger partial charge >= 0.3 is 0 Å². The van der Waals surface area contributed by atoms with E-state index in [1.807, 2.05) is 0 Å². The molecule has 0 saturated carbocycles. The minimum absolute atomic E-state index is 0.110. The van der Waals surface area contributed by atoms with E-state index in [1.54, 1.807) is 7.05 Å². The molecule has 1 aliphatic heterocycles. The second-order valence-corrected chi connectivity index (χ2v) is 7.61. The summed E-state index contributed by atoms with van der Waals surface area (Å²) in [6, 6.07) is 3.77. The van der Waals surface area contributed by atoms with Gasteiger partial charge in [-0.05, 0) is 44.9 Å². The second-order valence-electron chi connectivity index (χ2n) is 7.61. The van der Waals surface area contributed by atoms with Crippen LogP contribution < -0.4 is 27.0 Å². The first kappa shape index (κ1) is 25.5. The van der Waals surface area contributed by atoms with Crippen LogP contribution >= 0.6 is 0 Å². The van der Waals surface area contributed by atoms with Gasteiger partial charge < -0.3 is 31.9 Å². The van der Waals surface area contributed by atoms with Gasteiger partial charge in [0.1, 0.15) is 12.1 Å². The average Bonchev–Trinajstić information content (AvgIpc) is 3.26. The van der Waals surface area contributed by atoms with Crippen molar-refractivity contribution in [3.63, 3.8) is 0 Å². The summed E-state index contributed by atoms with van der Waals surface area (Å²) in [4.78, 5) is 49.9. The summed E-state index contributed by atoms with van der Waals surface area (Å²) < 4.78 is 0. The van der Waals surface area contributed by atoms with Crippen LogP contribution in [0, 0.1) is 15.5 Å². The Labute approximate surface area is 191 Å². The number of nitro groups is 1. The Morgan fingerprint density at radius 3 is 2.61 bits per heavy atom. The molecule has 0 spiro atoms. The van der Waals surface area contributed by atoms with E-state index < -0.39 is 28.8 Å². The Morgan fingerprint density at radius 1 is 1.30 bits per heavy atom. The van der Waals surface area contributed by atoms with Crippen molar-refractivity contribution in [1.82, 2.24) is 20.9 Å². The molecule has 2 rings (SSSR count). The van der Waals surface area contributed by atoms with Crippen molar-refractivity contribution in [2.75, 3.05) is 32.0 Å². The van der Waals surface area contributed by atoms with Gasteiger partial charge in [-0.3, -0.25) is 29.9 Å². The fraction of sp³-hybridized carbons (Fsp3) is 0.500. The number of likely N-dealkylation sites (N-methyl/N-ethyl adjacent to an activating group) is 1. The van der Waals surface area contributed by atoms with Crippen molar-refractivity contribution in [1.29, 1.82) is 5.41 Å². The number of carbonyl (C=O) groups is 3. The van der Waals surface area contributed by atoms with Crippen molar-refractivity contribution < 1.29 is 19.3 Å². The SMILES string of the molecule is CNCC(=O)N1CCC[C@H]1C(=O)N[C@@H](CCCNC(=N)N)C(=O)Nc1ccc([N+](=O)[O-])cc1. The van der Waals surface area contributed by atoms with E-state index in [0.717, 1.165) is 0 Å². The molecule has 1 aromatic carbocycles. The van der Waals surface area contributed by atoms with E-state index in [1.165, 1.54) is 29.2 Å². The Balaban J connectivity index is 2.07.